The third-order valence-electron chi connectivity index (χ3n) is 2.70. The Morgan fingerprint density at radius 3 is 2.65 bits per heavy atom. The first-order valence-electron chi connectivity index (χ1n) is 6.02. The van der Waals surface area contributed by atoms with E-state index >= 15 is 0 Å². The Morgan fingerprint density at radius 1 is 1.25 bits per heavy atom. The zero-order valence-corrected chi connectivity index (χ0v) is 11.8. The molecule has 0 saturated carbocycles. The lowest BCUT2D eigenvalue weighted by Crippen LogP contribution is -1.99. The molecule has 0 spiro atoms. The van der Waals surface area contributed by atoms with Crippen LogP contribution in [0, 0.1) is 0 Å². The van der Waals surface area contributed by atoms with Crippen molar-refractivity contribution in [2.75, 3.05) is 7.11 Å². The van der Waals surface area contributed by atoms with Crippen LogP contribution in [0.25, 0.3) is 0 Å². The molecule has 0 saturated heterocycles. The highest BCUT2D eigenvalue weighted by molar-refractivity contribution is 6.32. The average Bonchev–Trinajstić information content (AvgIpc) is 2.47. The van der Waals surface area contributed by atoms with Crippen LogP contribution in [0.1, 0.15) is 11.1 Å². The van der Waals surface area contributed by atoms with Gasteiger partial charge in [0.05, 0.1) is 18.3 Å². The first-order valence-corrected chi connectivity index (χ1v) is 6.40. The molecule has 0 atom stereocenters. The Kier molecular flexibility index (Phi) is 4.85. The van der Waals surface area contributed by atoms with Crippen molar-refractivity contribution in [3.05, 3.63) is 58.6 Å². The molecule has 2 aromatic rings. The summed E-state index contributed by atoms with van der Waals surface area (Å²) in [6.07, 6.45) is 1.50. The summed E-state index contributed by atoms with van der Waals surface area (Å²) in [7, 11) is 1.56. The number of hydrazone groups is 1. The first kappa shape index (κ1) is 14.2. The van der Waals surface area contributed by atoms with Gasteiger partial charge in [-0.2, -0.15) is 5.10 Å². The smallest absolute Gasteiger partial charge is 0.180 e. The van der Waals surface area contributed by atoms with Gasteiger partial charge in [-0.05, 0) is 23.3 Å². The van der Waals surface area contributed by atoms with Crippen LogP contribution in [0.4, 0.5) is 0 Å². The van der Waals surface area contributed by atoms with Crippen LogP contribution in [-0.2, 0) is 6.61 Å². The lowest BCUT2D eigenvalue weighted by Gasteiger charge is -2.13. The zero-order valence-electron chi connectivity index (χ0n) is 11.0. The van der Waals surface area contributed by atoms with Crippen LogP contribution < -0.4 is 15.3 Å². The number of benzene rings is 2. The maximum atomic E-state index is 6.21. The van der Waals surface area contributed by atoms with E-state index in [-0.39, 0.29) is 0 Å². The van der Waals surface area contributed by atoms with Crippen molar-refractivity contribution in [2.45, 2.75) is 6.61 Å². The molecule has 0 radical (unpaired) electrons. The molecule has 20 heavy (non-hydrogen) atoms. The minimum atomic E-state index is 0.418. The van der Waals surface area contributed by atoms with Gasteiger partial charge in [-0.25, -0.2) is 0 Å². The van der Waals surface area contributed by atoms with Crippen LogP contribution in [0.3, 0.4) is 0 Å². The van der Waals surface area contributed by atoms with Gasteiger partial charge in [0, 0.05) is 0 Å². The molecule has 0 aliphatic rings. The standard InChI is InChI=1S/C15H15ClN2O2/c1-19-14-8-12(9-18-17)7-13(16)15(14)20-10-11-5-3-2-4-6-11/h2-9H,10,17H2,1H3. The normalized spacial score (nSPS) is 10.7. The number of halogens is 1. The second kappa shape index (κ2) is 6.82. The van der Waals surface area contributed by atoms with Gasteiger partial charge in [0.15, 0.2) is 11.5 Å². The lowest BCUT2D eigenvalue weighted by atomic mass is 10.2. The third kappa shape index (κ3) is 3.42. The van der Waals surface area contributed by atoms with Crippen LogP contribution >= 0.6 is 11.6 Å². The van der Waals surface area contributed by atoms with E-state index in [0.29, 0.717) is 23.1 Å². The molecular formula is C15H15ClN2O2. The molecule has 0 heterocycles. The third-order valence-corrected chi connectivity index (χ3v) is 2.98. The minimum Gasteiger partial charge on any atom is -0.493 e. The van der Waals surface area contributed by atoms with E-state index in [1.807, 2.05) is 30.3 Å². The minimum absolute atomic E-state index is 0.418. The summed E-state index contributed by atoms with van der Waals surface area (Å²) >= 11 is 6.21. The highest BCUT2D eigenvalue weighted by atomic mass is 35.5. The van der Waals surface area contributed by atoms with E-state index in [1.165, 1.54) is 6.21 Å². The Labute approximate surface area is 122 Å². The molecule has 0 aliphatic carbocycles. The van der Waals surface area contributed by atoms with Crippen molar-refractivity contribution in [3.8, 4) is 11.5 Å². The fraction of sp³-hybridized carbons (Fsp3) is 0.133. The molecule has 0 aliphatic heterocycles. The predicted octanol–water partition coefficient (Wildman–Crippen LogP) is 3.22. The predicted molar refractivity (Wildman–Crippen MR) is 80.6 cm³/mol. The van der Waals surface area contributed by atoms with E-state index in [2.05, 4.69) is 5.10 Å². The maximum absolute atomic E-state index is 6.21. The monoisotopic (exact) mass is 290 g/mol. The van der Waals surface area contributed by atoms with Gasteiger partial charge in [0.1, 0.15) is 6.61 Å². The Hall–Kier alpha value is -2.20. The summed E-state index contributed by atoms with van der Waals surface area (Å²) in [6, 6.07) is 13.3. The van der Waals surface area contributed by atoms with Crippen LogP contribution in [0.2, 0.25) is 5.02 Å². The van der Waals surface area contributed by atoms with Gasteiger partial charge in [-0.15, -0.1) is 0 Å². The molecule has 0 fully saturated rings. The molecule has 4 nitrogen and oxygen atoms in total. The van der Waals surface area contributed by atoms with Gasteiger partial charge < -0.3 is 15.3 Å². The highest BCUT2D eigenvalue weighted by Crippen LogP contribution is 2.36. The number of rotatable bonds is 5. The van der Waals surface area contributed by atoms with E-state index in [0.717, 1.165) is 11.1 Å². The van der Waals surface area contributed by atoms with Crippen molar-refractivity contribution >= 4 is 17.8 Å². The van der Waals surface area contributed by atoms with E-state index in [9.17, 15) is 0 Å². The Morgan fingerprint density at radius 2 is 2.00 bits per heavy atom. The number of hydrogen-bond donors (Lipinski definition) is 1. The van der Waals surface area contributed by atoms with Gasteiger partial charge in [-0.3, -0.25) is 0 Å². The summed E-state index contributed by atoms with van der Waals surface area (Å²) < 4.78 is 11.0. The molecular weight excluding hydrogens is 276 g/mol. The number of nitrogens with zero attached hydrogens (tertiary/aromatic N) is 1. The molecule has 0 unspecified atom stereocenters. The molecule has 2 rings (SSSR count). The zero-order chi connectivity index (χ0) is 14.4. The lowest BCUT2D eigenvalue weighted by molar-refractivity contribution is 0.284. The molecule has 5 heteroatoms. The van der Waals surface area contributed by atoms with Gasteiger partial charge in [-0.1, -0.05) is 41.9 Å². The topological polar surface area (TPSA) is 56.8 Å². The summed E-state index contributed by atoms with van der Waals surface area (Å²) in [5.74, 6) is 6.18. The molecule has 0 amide bonds. The molecule has 0 bridgehead atoms. The number of methoxy groups -OCH3 is 1. The fourth-order valence-corrected chi connectivity index (χ4v) is 2.04. The molecule has 0 aromatic heterocycles. The van der Waals surface area contributed by atoms with Crippen molar-refractivity contribution in [3.63, 3.8) is 0 Å². The van der Waals surface area contributed by atoms with Crippen molar-refractivity contribution in [1.29, 1.82) is 0 Å². The van der Waals surface area contributed by atoms with Gasteiger partial charge >= 0.3 is 0 Å². The van der Waals surface area contributed by atoms with Crippen molar-refractivity contribution in [2.24, 2.45) is 10.9 Å². The van der Waals surface area contributed by atoms with Gasteiger partial charge in [0.25, 0.3) is 0 Å². The maximum Gasteiger partial charge on any atom is 0.180 e. The summed E-state index contributed by atoms with van der Waals surface area (Å²) in [4.78, 5) is 0. The quantitative estimate of drug-likeness (QED) is 0.522. The van der Waals surface area contributed by atoms with Gasteiger partial charge in [0.2, 0.25) is 0 Å². The number of hydrogen-bond acceptors (Lipinski definition) is 4. The second-order valence-corrected chi connectivity index (χ2v) is 4.49. The number of nitrogens with two attached hydrogens (primary N) is 1. The second-order valence-electron chi connectivity index (χ2n) is 4.09. The molecule has 2 N–H and O–H groups in total. The Bertz CT molecular complexity index is 600. The fourth-order valence-electron chi connectivity index (χ4n) is 1.77. The van der Waals surface area contributed by atoms with Crippen molar-refractivity contribution in [1.82, 2.24) is 0 Å². The first-order chi connectivity index (χ1) is 9.74. The highest BCUT2D eigenvalue weighted by Gasteiger charge is 2.11. The summed E-state index contributed by atoms with van der Waals surface area (Å²) in [5, 5.41) is 3.92. The van der Waals surface area contributed by atoms with Crippen LogP contribution in [0.15, 0.2) is 47.6 Å². The van der Waals surface area contributed by atoms with E-state index in [4.69, 9.17) is 26.9 Å². The number of ether oxygens (including phenoxy) is 2. The average molecular weight is 291 g/mol. The Balaban J connectivity index is 2.22. The SMILES string of the molecule is COc1cc(C=NN)cc(Cl)c1OCc1ccccc1. The molecule has 2 aromatic carbocycles. The van der Waals surface area contributed by atoms with Crippen LogP contribution in [-0.4, -0.2) is 13.3 Å². The summed E-state index contributed by atoms with van der Waals surface area (Å²) in [5.41, 5.74) is 1.81. The van der Waals surface area contributed by atoms with E-state index in [1.54, 1.807) is 19.2 Å². The van der Waals surface area contributed by atoms with E-state index < -0.39 is 0 Å². The summed E-state index contributed by atoms with van der Waals surface area (Å²) in [6.45, 7) is 0.418. The molecule has 104 valence electrons. The largest absolute Gasteiger partial charge is 0.493 e. The van der Waals surface area contributed by atoms with Crippen molar-refractivity contribution < 1.29 is 9.47 Å². The van der Waals surface area contributed by atoms with Crippen LogP contribution in [0.5, 0.6) is 11.5 Å².